The Morgan fingerprint density at radius 1 is 0.550 bits per heavy atom. The third-order valence-corrected chi connectivity index (χ3v) is 4.38. The summed E-state index contributed by atoms with van der Waals surface area (Å²) >= 11 is 0. The predicted octanol–water partition coefficient (Wildman–Crippen LogP) is 3.81. The maximum absolute atomic E-state index is 10.9. The molecule has 0 aliphatic rings. The molecule has 3 aromatic rings. The van der Waals surface area contributed by atoms with E-state index in [2.05, 4.69) is 0 Å². The Kier molecular flexibility index (Phi) is 19.7. The number of hydrogen-bond donors (Lipinski definition) is 3. The van der Waals surface area contributed by atoms with Gasteiger partial charge in [0.15, 0.2) is 17.2 Å². The second kappa shape index (κ2) is 21.5. The van der Waals surface area contributed by atoms with Crippen molar-refractivity contribution >= 4 is 0 Å². The van der Waals surface area contributed by atoms with E-state index in [0.29, 0.717) is 37.1 Å². The maximum atomic E-state index is 10.9. The molecule has 0 aromatic carbocycles. The van der Waals surface area contributed by atoms with E-state index in [0.717, 1.165) is 38.1 Å². The summed E-state index contributed by atoms with van der Waals surface area (Å²) in [5, 5.41) is 26.6. The minimum Gasteiger partial charge on any atom is -0.502 e. The van der Waals surface area contributed by atoms with Crippen molar-refractivity contribution in [1.29, 1.82) is 0 Å². The maximum Gasteiger partial charge on any atom is 0.226 e. The molecule has 12 nitrogen and oxygen atoms in total. The van der Waals surface area contributed by atoms with Crippen LogP contribution in [0.2, 0.25) is 0 Å². The van der Waals surface area contributed by atoms with Crippen LogP contribution in [0.15, 0.2) is 64.6 Å². The van der Waals surface area contributed by atoms with Crippen molar-refractivity contribution in [2.24, 2.45) is 0 Å². The fourth-order valence-corrected chi connectivity index (χ4v) is 2.51. The van der Waals surface area contributed by atoms with Crippen LogP contribution >= 0.6 is 0 Å². The molecule has 0 saturated carbocycles. The molecule has 3 rings (SSSR count). The van der Waals surface area contributed by atoms with Gasteiger partial charge in [0.2, 0.25) is 16.3 Å². The Balaban J connectivity index is 0.000000563. The van der Waals surface area contributed by atoms with E-state index < -0.39 is 16.3 Å². The van der Waals surface area contributed by atoms with Crippen molar-refractivity contribution in [3.05, 3.63) is 84.9 Å². The molecule has 0 radical (unpaired) electrons. The number of hydrogen-bond acceptors (Lipinski definition) is 12. The van der Waals surface area contributed by atoms with Crippen molar-refractivity contribution < 1.29 is 59.9 Å². The zero-order valence-corrected chi connectivity index (χ0v) is 23.8. The SMILES string of the molecule is CCCOCc1cc(=O)c(O)co1.CCCOCc1cc(=O)c(O)co1.CCCOCc1cc(=O)c(O)co1.[Fe]. The summed E-state index contributed by atoms with van der Waals surface area (Å²) in [6.45, 7) is 8.67. The van der Waals surface area contributed by atoms with E-state index >= 15 is 0 Å². The molecule has 13 heteroatoms. The van der Waals surface area contributed by atoms with Crippen LogP contribution < -0.4 is 16.3 Å². The average Bonchev–Trinajstić information content (AvgIpc) is 2.91. The molecule has 0 amide bonds. The van der Waals surface area contributed by atoms with Crippen LogP contribution in [0.25, 0.3) is 0 Å². The normalized spacial score (nSPS) is 9.97. The van der Waals surface area contributed by atoms with Crippen molar-refractivity contribution in [3.63, 3.8) is 0 Å². The van der Waals surface area contributed by atoms with Crippen molar-refractivity contribution in [2.45, 2.75) is 59.9 Å². The van der Waals surface area contributed by atoms with E-state index in [1.54, 1.807) is 0 Å². The van der Waals surface area contributed by atoms with Crippen molar-refractivity contribution in [2.75, 3.05) is 19.8 Å². The molecule has 0 aliphatic carbocycles. The predicted molar refractivity (Wildman–Crippen MR) is 140 cm³/mol. The largest absolute Gasteiger partial charge is 0.502 e. The van der Waals surface area contributed by atoms with Crippen LogP contribution in [0.3, 0.4) is 0 Å². The van der Waals surface area contributed by atoms with Gasteiger partial charge >= 0.3 is 0 Å². The first-order chi connectivity index (χ1) is 18.7. The van der Waals surface area contributed by atoms with Gasteiger partial charge in [-0.1, -0.05) is 20.8 Å². The molecule has 224 valence electrons. The van der Waals surface area contributed by atoms with Crippen molar-refractivity contribution in [3.8, 4) is 17.2 Å². The quantitative estimate of drug-likeness (QED) is 0.200. The van der Waals surface area contributed by atoms with E-state index in [4.69, 9.17) is 42.8 Å². The Morgan fingerprint density at radius 2 is 0.800 bits per heavy atom. The first kappa shape index (κ1) is 36.6. The topological polar surface area (TPSA) is 179 Å². The molecule has 0 spiro atoms. The van der Waals surface area contributed by atoms with Gasteiger partial charge in [-0.15, -0.1) is 0 Å². The fourth-order valence-electron chi connectivity index (χ4n) is 2.51. The fraction of sp³-hybridized carbons (Fsp3) is 0.444. The zero-order chi connectivity index (χ0) is 29.0. The first-order valence-electron chi connectivity index (χ1n) is 12.4. The molecule has 0 fully saturated rings. The van der Waals surface area contributed by atoms with Crippen molar-refractivity contribution in [1.82, 2.24) is 0 Å². The van der Waals surface area contributed by atoms with E-state index in [1.807, 2.05) is 20.8 Å². The van der Waals surface area contributed by atoms with Crippen LogP contribution in [0, 0.1) is 0 Å². The molecule has 0 unspecified atom stereocenters. The van der Waals surface area contributed by atoms with E-state index in [-0.39, 0.29) is 54.1 Å². The Morgan fingerprint density at radius 3 is 1.00 bits per heavy atom. The monoisotopic (exact) mass is 608 g/mol. The summed E-state index contributed by atoms with van der Waals surface area (Å²) < 4.78 is 30.2. The zero-order valence-electron chi connectivity index (χ0n) is 22.7. The standard InChI is InChI=1S/3C9H12O4.Fe/c3*1-2-3-12-5-7-4-8(10)9(11)6-13-7;/h3*4,6,11H,2-3,5H2,1H3;. The molecule has 0 atom stereocenters. The molecular formula is C27H36FeO12. The van der Waals surface area contributed by atoms with Gasteiger partial charge in [-0.2, -0.15) is 0 Å². The third kappa shape index (κ3) is 15.3. The molecule has 3 aromatic heterocycles. The molecule has 3 heterocycles. The molecular weight excluding hydrogens is 572 g/mol. The molecule has 40 heavy (non-hydrogen) atoms. The number of aromatic hydroxyl groups is 3. The van der Waals surface area contributed by atoms with Crippen LogP contribution in [0.5, 0.6) is 17.2 Å². The van der Waals surface area contributed by atoms with Gasteiger partial charge in [0.25, 0.3) is 0 Å². The summed E-state index contributed by atoms with van der Waals surface area (Å²) in [5.41, 5.74) is -1.33. The van der Waals surface area contributed by atoms with Crippen LogP contribution in [-0.4, -0.2) is 35.1 Å². The van der Waals surface area contributed by atoms with Crippen LogP contribution in [0.4, 0.5) is 0 Å². The van der Waals surface area contributed by atoms with Gasteiger partial charge in [0, 0.05) is 55.1 Å². The Labute approximate surface area is 241 Å². The van der Waals surface area contributed by atoms with Crippen LogP contribution in [-0.2, 0) is 51.1 Å². The van der Waals surface area contributed by atoms with Gasteiger partial charge in [-0.05, 0) is 19.3 Å². The van der Waals surface area contributed by atoms with E-state index in [9.17, 15) is 14.4 Å². The van der Waals surface area contributed by atoms with Gasteiger partial charge in [0.05, 0.1) is 0 Å². The molecule has 0 bridgehead atoms. The van der Waals surface area contributed by atoms with Gasteiger partial charge < -0.3 is 42.8 Å². The number of rotatable bonds is 12. The molecule has 3 N–H and O–H groups in total. The Bertz CT molecular complexity index is 1110. The summed E-state index contributed by atoms with van der Waals surface area (Å²) in [6.07, 6.45) is 5.82. The summed E-state index contributed by atoms with van der Waals surface area (Å²) in [5.74, 6) is 0.154. The van der Waals surface area contributed by atoms with Gasteiger partial charge in [-0.3, -0.25) is 14.4 Å². The minimum atomic E-state index is -0.443. The summed E-state index contributed by atoms with van der Waals surface area (Å²) in [7, 11) is 0. The third-order valence-electron chi connectivity index (χ3n) is 4.38. The smallest absolute Gasteiger partial charge is 0.226 e. The van der Waals surface area contributed by atoms with Crippen LogP contribution in [0.1, 0.15) is 57.3 Å². The second-order valence-corrected chi connectivity index (χ2v) is 7.95. The minimum absolute atomic E-state index is 0. The molecule has 0 aliphatic heterocycles. The summed E-state index contributed by atoms with van der Waals surface area (Å²) in [6, 6.07) is 3.68. The van der Waals surface area contributed by atoms with E-state index in [1.165, 1.54) is 18.2 Å². The van der Waals surface area contributed by atoms with Gasteiger partial charge in [0.1, 0.15) is 55.9 Å². The molecule has 0 saturated heterocycles. The average molecular weight is 608 g/mol. The first-order valence-corrected chi connectivity index (χ1v) is 12.4. The second-order valence-electron chi connectivity index (χ2n) is 7.95. The van der Waals surface area contributed by atoms with Gasteiger partial charge in [-0.25, -0.2) is 0 Å². The Hall–Kier alpha value is -3.35. The number of ether oxygens (including phenoxy) is 3. The summed E-state index contributed by atoms with van der Waals surface area (Å²) in [4.78, 5) is 32.7.